The van der Waals surface area contributed by atoms with Crippen molar-refractivity contribution in [1.82, 2.24) is 0 Å². The molecule has 0 unspecified atom stereocenters. The van der Waals surface area contributed by atoms with E-state index < -0.39 is 6.47 Å². The monoisotopic (exact) mass is 183 g/mol. The average Bonchev–Trinajstić information content (AvgIpc) is 0.918. The summed E-state index contributed by atoms with van der Waals surface area (Å²) in [5.41, 5.74) is 0. The first-order valence-corrected chi connectivity index (χ1v) is 0.471. The Labute approximate surface area is 58.1 Å². The predicted octanol–water partition coefficient (Wildman–Crippen LogP) is -1.76. The van der Waals surface area contributed by atoms with Crippen molar-refractivity contribution < 1.29 is 51.3 Å². The average molecular weight is 185 g/mol. The third kappa shape index (κ3) is 191. The molecule has 0 rings (SSSR count). The number of hydrogen-bond acceptors (Lipinski definition) is 2. The van der Waals surface area contributed by atoms with Crippen molar-refractivity contribution in [3.8, 4) is 0 Å². The smallest absolute Gasteiger partial charge is 2.00 e. The van der Waals surface area contributed by atoms with Gasteiger partial charge in [-0.05, 0) is 0 Å². The van der Waals surface area contributed by atoms with Crippen LogP contribution in [0.15, 0.2) is 0 Å². The van der Waals surface area contributed by atoms with E-state index in [1.807, 2.05) is 0 Å². The second kappa shape index (κ2) is 47.9. The second-order valence-electron chi connectivity index (χ2n) is 0.0962. The van der Waals surface area contributed by atoms with Crippen LogP contribution in [0.2, 0.25) is 0 Å². The molecule has 0 heterocycles. The summed E-state index contributed by atoms with van der Waals surface area (Å²) < 4.78 is 0. The van der Waals surface area contributed by atoms with E-state index in [4.69, 9.17) is 9.90 Å². The zero-order valence-electron chi connectivity index (χ0n) is 2.83. The Balaban J connectivity index is -0.00000000667. The van der Waals surface area contributed by atoms with Crippen molar-refractivity contribution in [1.29, 1.82) is 0 Å². The fraction of sp³-hybridized carbons (Fsp3) is 0. The molecule has 0 fully saturated rings. The minimum Gasteiger partial charge on any atom is -2.00 e. The minimum atomic E-state index is -0.500. The summed E-state index contributed by atoms with van der Waals surface area (Å²) in [5.74, 6) is 0. The van der Waals surface area contributed by atoms with Crippen molar-refractivity contribution in [2.75, 3.05) is 0 Å². The first-order valence-electron chi connectivity index (χ1n) is 0.471. The molecule has 0 N–H and O–H groups in total. The summed E-state index contributed by atoms with van der Waals surface area (Å²) >= 11 is 0. The van der Waals surface area contributed by atoms with Gasteiger partial charge in [0.05, 0.1) is 0 Å². The van der Waals surface area contributed by atoms with Crippen LogP contribution in [-0.2, 0) is 46.2 Å². The maximum atomic E-state index is 8.25. The Bertz CT molecular complexity index is 18.3. The molecule has 0 saturated carbocycles. The second-order valence-corrected chi connectivity index (χ2v) is 0.0962. The topological polar surface area (TPSA) is 68.6 Å². The summed E-state index contributed by atoms with van der Waals surface area (Å²) in [7, 11) is 0. The Kier molecular flexibility index (Phi) is 248. The fourth-order valence-corrected chi connectivity index (χ4v) is 0. The van der Waals surface area contributed by atoms with E-state index in [1.54, 1.807) is 0 Å². The maximum Gasteiger partial charge on any atom is 2.00 e. The van der Waals surface area contributed by atoms with Gasteiger partial charge in [-0.25, -0.2) is 0 Å². The van der Waals surface area contributed by atoms with Crippen LogP contribution in [0.1, 0.15) is 0 Å². The Morgan fingerprint density at radius 1 is 1.50 bits per heavy atom. The third-order valence-electron chi connectivity index (χ3n) is 0. The van der Waals surface area contributed by atoms with E-state index >= 15 is 0 Å². The molecular weight excluding hydrogens is 184 g/mol. The first-order chi connectivity index (χ1) is 1.41. The Morgan fingerprint density at radius 3 is 1.50 bits per heavy atom. The molecule has 0 atom stereocenters. The van der Waals surface area contributed by atoms with Gasteiger partial charge < -0.3 is 15.4 Å². The van der Waals surface area contributed by atoms with Crippen molar-refractivity contribution in [2.24, 2.45) is 0 Å². The van der Waals surface area contributed by atoms with Crippen LogP contribution in [-0.4, -0.2) is 6.47 Å². The molecule has 0 bridgehead atoms. The normalized spacial score (nSPS) is 2.00. The SMILES string of the molecule is O=C[O-].[Ni+2].[O-2].[Zn+2]. The molecule has 0 aromatic carbocycles. The van der Waals surface area contributed by atoms with Crippen LogP contribution in [0.25, 0.3) is 0 Å². The Hall–Kier alpha value is 0.547. The number of carbonyl (C=O) groups is 1. The van der Waals surface area contributed by atoms with Gasteiger partial charge in [0, 0.05) is 6.47 Å². The largest absolute Gasteiger partial charge is 2.00 e. The third-order valence-corrected chi connectivity index (χ3v) is 0. The van der Waals surface area contributed by atoms with Gasteiger partial charge in [0.1, 0.15) is 0 Å². The molecule has 5 heteroatoms. The summed E-state index contributed by atoms with van der Waals surface area (Å²) in [6, 6.07) is 0. The van der Waals surface area contributed by atoms with Crippen molar-refractivity contribution in [3.63, 3.8) is 0 Å². The minimum absolute atomic E-state index is 0. The van der Waals surface area contributed by atoms with Crippen LogP contribution < -0.4 is 5.11 Å². The molecule has 0 saturated heterocycles. The van der Waals surface area contributed by atoms with Crippen LogP contribution in [0.3, 0.4) is 0 Å². The molecule has 6 heavy (non-hydrogen) atoms. The van der Waals surface area contributed by atoms with Crippen molar-refractivity contribution in [3.05, 3.63) is 0 Å². The maximum absolute atomic E-state index is 8.25. The van der Waals surface area contributed by atoms with Crippen LogP contribution in [0.5, 0.6) is 0 Å². The molecular formula is CHNiO3Zn+. The molecule has 0 radical (unpaired) electrons. The van der Waals surface area contributed by atoms with Gasteiger partial charge in [-0.1, -0.05) is 0 Å². The van der Waals surface area contributed by atoms with E-state index in [1.165, 1.54) is 0 Å². The van der Waals surface area contributed by atoms with E-state index in [-0.39, 0.29) is 41.4 Å². The number of carbonyl (C=O) groups excluding carboxylic acids is 1. The van der Waals surface area contributed by atoms with Crippen molar-refractivity contribution in [2.45, 2.75) is 0 Å². The van der Waals surface area contributed by atoms with Gasteiger partial charge in [0.15, 0.2) is 0 Å². The standard InChI is InChI=1S/CH2O2.Ni.O.Zn/c2-1-3;;;/h1H,(H,2,3);;;/q;+2;-2;+2/p-1. The summed E-state index contributed by atoms with van der Waals surface area (Å²) in [6.07, 6.45) is 0. The van der Waals surface area contributed by atoms with Crippen molar-refractivity contribution >= 4 is 6.47 Å². The summed E-state index contributed by atoms with van der Waals surface area (Å²) in [4.78, 5) is 8.25. The number of carboxylic acid groups (broad SMARTS) is 1. The number of rotatable bonds is 0. The first kappa shape index (κ1) is 31.1. The van der Waals surface area contributed by atoms with E-state index in [9.17, 15) is 0 Å². The zero-order valence-corrected chi connectivity index (χ0v) is 6.78. The fourth-order valence-electron chi connectivity index (χ4n) is 0. The van der Waals surface area contributed by atoms with Gasteiger partial charge in [-0.2, -0.15) is 0 Å². The van der Waals surface area contributed by atoms with Gasteiger partial charge >= 0.3 is 36.0 Å². The zero-order chi connectivity index (χ0) is 2.71. The predicted molar refractivity (Wildman–Crippen MR) is 6.75 cm³/mol. The molecule has 0 aliphatic heterocycles. The van der Waals surface area contributed by atoms with Gasteiger partial charge in [0.2, 0.25) is 0 Å². The van der Waals surface area contributed by atoms with E-state index in [2.05, 4.69) is 0 Å². The summed E-state index contributed by atoms with van der Waals surface area (Å²) in [5, 5.41) is 8.25. The number of hydrogen-bond donors (Lipinski definition) is 0. The Morgan fingerprint density at radius 2 is 1.50 bits per heavy atom. The molecule has 0 aliphatic rings. The molecule has 34 valence electrons. The van der Waals surface area contributed by atoms with Gasteiger partial charge in [0.25, 0.3) is 0 Å². The molecule has 3 nitrogen and oxygen atoms in total. The van der Waals surface area contributed by atoms with Crippen LogP contribution >= 0.6 is 0 Å². The summed E-state index contributed by atoms with van der Waals surface area (Å²) in [6.45, 7) is -0.500. The molecule has 0 aromatic rings. The molecule has 0 spiro atoms. The van der Waals surface area contributed by atoms with Crippen LogP contribution in [0, 0.1) is 0 Å². The quantitative estimate of drug-likeness (QED) is 0.331. The molecule has 0 aliphatic carbocycles. The van der Waals surface area contributed by atoms with Gasteiger partial charge in [-0.3, -0.25) is 0 Å². The molecule has 0 amide bonds. The van der Waals surface area contributed by atoms with E-state index in [0.29, 0.717) is 0 Å². The van der Waals surface area contributed by atoms with Crippen LogP contribution in [0.4, 0.5) is 0 Å². The molecule has 0 aromatic heterocycles. The van der Waals surface area contributed by atoms with E-state index in [0.717, 1.165) is 0 Å². The van der Waals surface area contributed by atoms with Gasteiger partial charge in [-0.15, -0.1) is 0 Å².